The second kappa shape index (κ2) is 9.69. The molecule has 1 heterocycles. The molecule has 1 aliphatic rings. The molecule has 0 radical (unpaired) electrons. The first-order valence-corrected chi connectivity index (χ1v) is 6.96. The van der Waals surface area contributed by atoms with Gasteiger partial charge in [0.15, 0.2) is 0 Å². The van der Waals surface area contributed by atoms with E-state index in [9.17, 15) is 5.11 Å². The predicted octanol–water partition coefficient (Wildman–Crippen LogP) is 0.0842. The second-order valence-corrected chi connectivity index (χ2v) is 4.88. The maximum Gasteiger partial charge on any atom is 0.0900 e. The van der Waals surface area contributed by atoms with Crippen LogP contribution in [0, 0.1) is 0 Å². The van der Waals surface area contributed by atoms with Crippen LogP contribution in [0.15, 0.2) is 0 Å². The summed E-state index contributed by atoms with van der Waals surface area (Å²) in [4.78, 5) is 2.32. The van der Waals surface area contributed by atoms with E-state index >= 15 is 0 Å². The third kappa shape index (κ3) is 6.66. The molecule has 1 saturated heterocycles. The van der Waals surface area contributed by atoms with Gasteiger partial charge < -0.3 is 19.9 Å². The molecule has 0 aromatic rings. The summed E-state index contributed by atoms with van der Waals surface area (Å²) < 4.78 is 10.2. The molecule has 18 heavy (non-hydrogen) atoms. The minimum absolute atomic E-state index is 0.395. The van der Waals surface area contributed by atoms with Crippen molar-refractivity contribution in [1.82, 2.24) is 10.2 Å². The Morgan fingerprint density at radius 3 is 3.00 bits per heavy atom. The van der Waals surface area contributed by atoms with Crippen LogP contribution in [0.5, 0.6) is 0 Å². The predicted molar refractivity (Wildman–Crippen MR) is 71.8 cm³/mol. The number of likely N-dealkylation sites (tertiary alicyclic amines) is 1. The number of piperidine rings is 1. The number of rotatable bonds is 9. The topological polar surface area (TPSA) is 54.0 Å². The molecule has 2 N–H and O–H groups in total. The fourth-order valence-electron chi connectivity index (χ4n) is 2.39. The maximum absolute atomic E-state index is 9.89. The van der Waals surface area contributed by atoms with E-state index in [1.165, 1.54) is 12.8 Å². The van der Waals surface area contributed by atoms with E-state index in [4.69, 9.17) is 9.47 Å². The second-order valence-electron chi connectivity index (χ2n) is 4.88. The average molecular weight is 260 g/mol. The number of nitrogens with one attached hydrogen (secondary N) is 1. The highest BCUT2D eigenvalue weighted by molar-refractivity contribution is 4.79. The highest BCUT2D eigenvalue weighted by Crippen LogP contribution is 2.10. The molecule has 2 atom stereocenters. The van der Waals surface area contributed by atoms with Gasteiger partial charge in [-0.3, -0.25) is 4.90 Å². The Morgan fingerprint density at radius 1 is 1.44 bits per heavy atom. The van der Waals surface area contributed by atoms with Crippen molar-refractivity contribution in [2.24, 2.45) is 0 Å². The Kier molecular flexibility index (Phi) is 8.54. The van der Waals surface area contributed by atoms with E-state index in [2.05, 4.69) is 17.1 Å². The van der Waals surface area contributed by atoms with Crippen molar-refractivity contribution in [3.63, 3.8) is 0 Å². The Bertz CT molecular complexity index is 203. The third-order valence-corrected chi connectivity index (χ3v) is 3.21. The molecule has 5 heteroatoms. The molecule has 0 aromatic carbocycles. The van der Waals surface area contributed by atoms with Crippen LogP contribution < -0.4 is 5.32 Å². The van der Waals surface area contributed by atoms with Gasteiger partial charge in [-0.1, -0.05) is 6.92 Å². The number of β-amino-alcohol motifs (C(OH)–C–C–N with tert-alkyl or cyclic N) is 1. The van der Waals surface area contributed by atoms with E-state index in [0.29, 0.717) is 32.4 Å². The number of methoxy groups -OCH3 is 1. The quantitative estimate of drug-likeness (QED) is 0.575. The van der Waals surface area contributed by atoms with Gasteiger partial charge in [-0.25, -0.2) is 0 Å². The van der Waals surface area contributed by atoms with Crippen molar-refractivity contribution in [1.29, 1.82) is 0 Å². The lowest BCUT2D eigenvalue weighted by Crippen LogP contribution is -2.48. The molecule has 108 valence electrons. The molecule has 0 amide bonds. The van der Waals surface area contributed by atoms with Gasteiger partial charge >= 0.3 is 0 Å². The van der Waals surface area contributed by atoms with Gasteiger partial charge in [0.2, 0.25) is 0 Å². The molecule has 5 nitrogen and oxygen atoms in total. The fraction of sp³-hybridized carbons (Fsp3) is 1.00. The third-order valence-electron chi connectivity index (χ3n) is 3.21. The molecule has 0 aromatic heterocycles. The summed E-state index contributed by atoms with van der Waals surface area (Å²) in [5, 5.41) is 13.4. The molecule has 1 aliphatic heterocycles. The van der Waals surface area contributed by atoms with E-state index in [1.54, 1.807) is 7.11 Å². The van der Waals surface area contributed by atoms with Crippen molar-refractivity contribution in [3.05, 3.63) is 0 Å². The number of hydrogen-bond acceptors (Lipinski definition) is 5. The standard InChI is InChI=1S/C13H28N2O3/c1-3-14-12-5-4-6-15(9-12)10-13(16)11-18-8-7-17-2/h12-14,16H,3-11H2,1-2H3. The molecule has 0 spiro atoms. The Balaban J connectivity index is 2.12. The summed E-state index contributed by atoms with van der Waals surface area (Å²) in [6.07, 6.45) is 2.04. The molecule has 2 unspecified atom stereocenters. The summed E-state index contributed by atoms with van der Waals surface area (Å²) >= 11 is 0. The largest absolute Gasteiger partial charge is 0.389 e. The SMILES string of the molecule is CCNC1CCCN(CC(O)COCCOC)C1. The fourth-order valence-corrected chi connectivity index (χ4v) is 2.39. The van der Waals surface area contributed by atoms with Gasteiger partial charge in [-0.2, -0.15) is 0 Å². The van der Waals surface area contributed by atoms with Crippen molar-refractivity contribution >= 4 is 0 Å². The van der Waals surface area contributed by atoms with E-state index in [1.807, 2.05) is 0 Å². The minimum Gasteiger partial charge on any atom is -0.389 e. The van der Waals surface area contributed by atoms with E-state index < -0.39 is 6.10 Å². The van der Waals surface area contributed by atoms with E-state index in [0.717, 1.165) is 19.6 Å². The first-order valence-electron chi connectivity index (χ1n) is 6.96. The molecule has 0 aliphatic carbocycles. The molecule has 0 bridgehead atoms. The summed E-state index contributed by atoms with van der Waals surface area (Å²) in [6, 6.07) is 0.574. The molecule has 1 fully saturated rings. The summed E-state index contributed by atoms with van der Waals surface area (Å²) in [6.45, 7) is 7.49. The molecular formula is C13H28N2O3. The smallest absolute Gasteiger partial charge is 0.0900 e. The average Bonchev–Trinajstić information content (AvgIpc) is 2.35. The van der Waals surface area contributed by atoms with Crippen LogP contribution in [-0.2, 0) is 9.47 Å². The Hall–Kier alpha value is -0.200. The highest BCUT2D eigenvalue weighted by Gasteiger charge is 2.20. The van der Waals surface area contributed by atoms with Gasteiger partial charge in [-0.15, -0.1) is 0 Å². The van der Waals surface area contributed by atoms with Crippen LogP contribution in [0.3, 0.4) is 0 Å². The zero-order valence-corrected chi connectivity index (χ0v) is 11.7. The number of likely N-dealkylation sites (N-methyl/N-ethyl adjacent to an activating group) is 1. The minimum atomic E-state index is -0.401. The zero-order valence-electron chi connectivity index (χ0n) is 11.7. The summed E-state index contributed by atoms with van der Waals surface area (Å²) in [7, 11) is 1.65. The number of aliphatic hydroxyl groups is 1. The Labute approximate surface area is 110 Å². The van der Waals surface area contributed by atoms with Crippen LogP contribution in [0.2, 0.25) is 0 Å². The molecule has 1 rings (SSSR count). The number of aliphatic hydroxyl groups excluding tert-OH is 1. The first-order chi connectivity index (χ1) is 8.76. The van der Waals surface area contributed by atoms with Gasteiger partial charge in [0.1, 0.15) is 0 Å². The van der Waals surface area contributed by atoms with E-state index in [-0.39, 0.29) is 0 Å². The Morgan fingerprint density at radius 2 is 2.28 bits per heavy atom. The van der Waals surface area contributed by atoms with Crippen LogP contribution >= 0.6 is 0 Å². The van der Waals surface area contributed by atoms with Gasteiger partial charge in [0.05, 0.1) is 25.9 Å². The van der Waals surface area contributed by atoms with Crippen LogP contribution in [0.1, 0.15) is 19.8 Å². The van der Waals surface area contributed by atoms with Crippen LogP contribution in [-0.4, -0.2) is 75.3 Å². The van der Waals surface area contributed by atoms with Crippen molar-refractivity contribution in [2.75, 3.05) is 53.1 Å². The van der Waals surface area contributed by atoms with Crippen LogP contribution in [0.25, 0.3) is 0 Å². The number of hydrogen-bond donors (Lipinski definition) is 2. The summed E-state index contributed by atoms with van der Waals surface area (Å²) in [5.74, 6) is 0. The van der Waals surface area contributed by atoms with Gasteiger partial charge in [0, 0.05) is 26.2 Å². The molecule has 0 saturated carbocycles. The first kappa shape index (κ1) is 15.9. The number of ether oxygens (including phenoxy) is 2. The lowest BCUT2D eigenvalue weighted by Gasteiger charge is -2.34. The van der Waals surface area contributed by atoms with Crippen molar-refractivity contribution in [3.8, 4) is 0 Å². The van der Waals surface area contributed by atoms with Crippen LogP contribution in [0.4, 0.5) is 0 Å². The normalized spacial score (nSPS) is 23.2. The zero-order chi connectivity index (χ0) is 13.2. The van der Waals surface area contributed by atoms with Gasteiger partial charge in [-0.05, 0) is 25.9 Å². The maximum atomic E-state index is 9.89. The summed E-state index contributed by atoms with van der Waals surface area (Å²) in [5.41, 5.74) is 0. The lowest BCUT2D eigenvalue weighted by molar-refractivity contribution is -0.00425. The lowest BCUT2D eigenvalue weighted by atomic mass is 10.1. The van der Waals surface area contributed by atoms with Gasteiger partial charge in [0.25, 0.3) is 0 Å². The van der Waals surface area contributed by atoms with Crippen molar-refractivity contribution < 1.29 is 14.6 Å². The monoisotopic (exact) mass is 260 g/mol. The highest BCUT2D eigenvalue weighted by atomic mass is 16.5. The number of nitrogens with zero attached hydrogens (tertiary/aromatic N) is 1. The molecular weight excluding hydrogens is 232 g/mol. The van der Waals surface area contributed by atoms with Crippen molar-refractivity contribution in [2.45, 2.75) is 31.9 Å².